The number of anilines is 1. The van der Waals surface area contributed by atoms with Gasteiger partial charge in [-0.25, -0.2) is 4.39 Å². The molecule has 0 bridgehead atoms. The van der Waals surface area contributed by atoms with Gasteiger partial charge in [-0.05, 0) is 24.6 Å². The van der Waals surface area contributed by atoms with E-state index in [1.807, 2.05) is 6.92 Å². The van der Waals surface area contributed by atoms with Crippen LogP contribution in [0.3, 0.4) is 0 Å². The summed E-state index contributed by atoms with van der Waals surface area (Å²) in [6.07, 6.45) is 0.728. The highest BCUT2D eigenvalue weighted by molar-refractivity contribution is 7.15. The van der Waals surface area contributed by atoms with Crippen molar-refractivity contribution >= 4 is 22.4 Å². The number of hydrogen-bond donors (Lipinski definition) is 2. The number of carbonyl (C=O) groups excluding carboxylic acids is 1. The first-order valence-corrected chi connectivity index (χ1v) is 7.08. The molecule has 0 saturated carbocycles. The number of carbonyl (C=O) groups is 1. The number of halogens is 1. The Balaban J connectivity index is 2.21. The van der Waals surface area contributed by atoms with Gasteiger partial charge >= 0.3 is 0 Å². The number of aromatic nitrogens is 2. The Morgan fingerprint density at radius 1 is 1.48 bits per heavy atom. The van der Waals surface area contributed by atoms with Crippen molar-refractivity contribution in [2.45, 2.75) is 13.3 Å². The molecular weight excluding hydrogens is 291 g/mol. The average molecular weight is 304 g/mol. The molecule has 0 unspecified atom stereocenters. The van der Waals surface area contributed by atoms with Gasteiger partial charge in [0.05, 0.1) is 12.1 Å². The fourth-order valence-corrected chi connectivity index (χ4v) is 2.22. The summed E-state index contributed by atoms with van der Waals surface area (Å²) in [5, 5.41) is 11.4. The van der Waals surface area contributed by atoms with E-state index < -0.39 is 11.7 Å². The number of benzene rings is 1. The first-order valence-electron chi connectivity index (χ1n) is 6.26. The van der Waals surface area contributed by atoms with Crippen molar-refractivity contribution in [2.24, 2.45) is 5.73 Å². The number of aryl methyl sites for hydroxylation is 1. The zero-order valence-electron chi connectivity index (χ0n) is 11.3. The molecular formula is C14H13FN4OS. The van der Waals surface area contributed by atoms with Crippen molar-refractivity contribution in [3.8, 4) is 11.8 Å². The van der Waals surface area contributed by atoms with Crippen LogP contribution in [0.5, 0.6) is 0 Å². The summed E-state index contributed by atoms with van der Waals surface area (Å²) in [4.78, 5) is 12.1. The van der Waals surface area contributed by atoms with Crippen LogP contribution in [0, 0.1) is 17.7 Å². The topological polar surface area (TPSA) is 80.9 Å². The minimum absolute atomic E-state index is 0.0907. The lowest BCUT2D eigenvalue weighted by Crippen LogP contribution is -2.14. The Morgan fingerprint density at radius 2 is 2.29 bits per heavy atom. The van der Waals surface area contributed by atoms with Crippen molar-refractivity contribution in [3.63, 3.8) is 0 Å². The number of amides is 1. The van der Waals surface area contributed by atoms with Crippen molar-refractivity contribution in [1.82, 2.24) is 10.2 Å². The van der Waals surface area contributed by atoms with E-state index in [4.69, 9.17) is 5.73 Å². The molecule has 1 amide bonds. The molecule has 0 saturated heterocycles. The third-order valence-corrected chi connectivity index (χ3v) is 3.52. The van der Waals surface area contributed by atoms with Crippen LogP contribution in [0.1, 0.15) is 27.9 Å². The quantitative estimate of drug-likeness (QED) is 0.847. The SMILES string of the molecule is CCc1nnc(NC(=O)c2cc(C#CCN)ccc2F)s1. The lowest BCUT2D eigenvalue weighted by atomic mass is 10.1. The number of nitrogens with one attached hydrogen (secondary N) is 1. The van der Waals surface area contributed by atoms with Crippen LogP contribution in [0.25, 0.3) is 0 Å². The lowest BCUT2D eigenvalue weighted by molar-refractivity contribution is 0.102. The highest BCUT2D eigenvalue weighted by atomic mass is 32.1. The van der Waals surface area contributed by atoms with E-state index in [0.717, 1.165) is 11.4 Å². The second-order valence-electron chi connectivity index (χ2n) is 4.01. The molecule has 2 aromatic rings. The van der Waals surface area contributed by atoms with E-state index in [0.29, 0.717) is 10.7 Å². The molecule has 1 aromatic carbocycles. The van der Waals surface area contributed by atoms with Gasteiger partial charge in [0.2, 0.25) is 5.13 Å². The summed E-state index contributed by atoms with van der Waals surface area (Å²) in [5.74, 6) is 4.21. The number of rotatable bonds is 3. The van der Waals surface area contributed by atoms with E-state index in [-0.39, 0.29) is 12.1 Å². The largest absolute Gasteiger partial charge is 0.320 e. The molecule has 0 aliphatic carbocycles. The van der Waals surface area contributed by atoms with Gasteiger partial charge in [-0.15, -0.1) is 10.2 Å². The van der Waals surface area contributed by atoms with Crippen LogP contribution in [0.15, 0.2) is 18.2 Å². The van der Waals surface area contributed by atoms with E-state index in [1.165, 1.54) is 29.5 Å². The van der Waals surface area contributed by atoms with Gasteiger partial charge < -0.3 is 5.73 Å². The second kappa shape index (κ2) is 6.92. The maximum Gasteiger partial charge on any atom is 0.260 e. The Kier molecular flexibility index (Phi) is 4.98. The molecule has 0 radical (unpaired) electrons. The Labute approximate surface area is 125 Å². The van der Waals surface area contributed by atoms with Crippen LogP contribution in [0.2, 0.25) is 0 Å². The first kappa shape index (κ1) is 15.1. The minimum atomic E-state index is -0.619. The second-order valence-corrected chi connectivity index (χ2v) is 5.07. The first-order chi connectivity index (χ1) is 10.1. The van der Waals surface area contributed by atoms with E-state index in [9.17, 15) is 9.18 Å². The number of hydrogen-bond acceptors (Lipinski definition) is 5. The number of nitrogens with zero attached hydrogens (tertiary/aromatic N) is 2. The summed E-state index contributed by atoms with van der Waals surface area (Å²) in [6.45, 7) is 2.13. The molecule has 108 valence electrons. The molecule has 0 fully saturated rings. The van der Waals surface area contributed by atoms with E-state index in [2.05, 4.69) is 27.4 Å². The van der Waals surface area contributed by atoms with Gasteiger partial charge in [0, 0.05) is 5.56 Å². The fourth-order valence-electron chi connectivity index (χ4n) is 1.54. The van der Waals surface area contributed by atoms with Gasteiger partial charge in [-0.3, -0.25) is 10.1 Å². The summed E-state index contributed by atoms with van der Waals surface area (Å²) in [5.41, 5.74) is 5.72. The molecule has 0 atom stereocenters. The van der Waals surface area contributed by atoms with E-state index in [1.54, 1.807) is 0 Å². The molecule has 0 spiro atoms. The maximum absolute atomic E-state index is 13.7. The molecule has 5 nitrogen and oxygen atoms in total. The standard InChI is InChI=1S/C14H13FN4OS/c1-2-12-18-19-14(21-12)17-13(20)10-8-9(4-3-7-16)5-6-11(10)15/h5-6,8H,2,7,16H2,1H3,(H,17,19,20). The maximum atomic E-state index is 13.7. The van der Waals surface area contributed by atoms with Gasteiger partial charge in [0.15, 0.2) is 0 Å². The van der Waals surface area contributed by atoms with Crippen molar-refractivity contribution in [2.75, 3.05) is 11.9 Å². The van der Waals surface area contributed by atoms with Crippen molar-refractivity contribution in [3.05, 3.63) is 40.2 Å². The van der Waals surface area contributed by atoms with Gasteiger partial charge in [0.1, 0.15) is 10.8 Å². The number of nitrogens with two attached hydrogens (primary N) is 1. The summed E-state index contributed by atoms with van der Waals surface area (Å²) in [7, 11) is 0. The lowest BCUT2D eigenvalue weighted by Gasteiger charge is -2.03. The highest BCUT2D eigenvalue weighted by Gasteiger charge is 2.14. The summed E-state index contributed by atoms with van der Waals surface area (Å²) >= 11 is 1.26. The zero-order chi connectivity index (χ0) is 15.2. The third kappa shape index (κ3) is 3.84. The van der Waals surface area contributed by atoms with Crippen LogP contribution >= 0.6 is 11.3 Å². The zero-order valence-corrected chi connectivity index (χ0v) is 12.1. The van der Waals surface area contributed by atoms with Crippen LogP contribution in [-0.2, 0) is 6.42 Å². The van der Waals surface area contributed by atoms with Gasteiger partial charge in [-0.1, -0.05) is 30.1 Å². The molecule has 1 heterocycles. The minimum Gasteiger partial charge on any atom is -0.320 e. The predicted molar refractivity (Wildman–Crippen MR) is 79.6 cm³/mol. The molecule has 7 heteroatoms. The Bertz CT molecular complexity index is 717. The van der Waals surface area contributed by atoms with Crippen molar-refractivity contribution in [1.29, 1.82) is 0 Å². The molecule has 21 heavy (non-hydrogen) atoms. The van der Waals surface area contributed by atoms with Gasteiger partial charge in [0.25, 0.3) is 5.91 Å². The Morgan fingerprint density at radius 3 is 2.95 bits per heavy atom. The molecule has 0 aliphatic heterocycles. The fraction of sp³-hybridized carbons (Fsp3) is 0.214. The highest BCUT2D eigenvalue weighted by Crippen LogP contribution is 2.18. The van der Waals surface area contributed by atoms with Crippen LogP contribution < -0.4 is 11.1 Å². The van der Waals surface area contributed by atoms with Crippen LogP contribution in [-0.4, -0.2) is 22.6 Å². The molecule has 2 rings (SSSR count). The smallest absolute Gasteiger partial charge is 0.260 e. The predicted octanol–water partition coefficient (Wildman–Crippen LogP) is 1.80. The Hall–Kier alpha value is -2.30. The van der Waals surface area contributed by atoms with Crippen LogP contribution in [0.4, 0.5) is 9.52 Å². The van der Waals surface area contributed by atoms with E-state index >= 15 is 0 Å². The monoisotopic (exact) mass is 304 g/mol. The third-order valence-electron chi connectivity index (χ3n) is 2.54. The average Bonchev–Trinajstić information content (AvgIpc) is 2.94. The van der Waals surface area contributed by atoms with Crippen molar-refractivity contribution < 1.29 is 9.18 Å². The molecule has 1 aromatic heterocycles. The molecule has 0 aliphatic rings. The summed E-state index contributed by atoms with van der Waals surface area (Å²) < 4.78 is 13.7. The van der Waals surface area contributed by atoms with Gasteiger partial charge in [-0.2, -0.15) is 0 Å². The normalized spacial score (nSPS) is 9.86. The summed E-state index contributed by atoms with van der Waals surface area (Å²) in [6, 6.07) is 4.08. The molecule has 3 N–H and O–H groups in total.